The molecule has 0 aliphatic rings. The third-order valence-corrected chi connectivity index (χ3v) is 7.18. The van der Waals surface area contributed by atoms with Gasteiger partial charge in [-0.05, 0) is 59.7 Å². The van der Waals surface area contributed by atoms with Crippen LogP contribution in [-0.4, -0.2) is 27.3 Å². The van der Waals surface area contributed by atoms with Crippen molar-refractivity contribution in [3.63, 3.8) is 0 Å². The van der Waals surface area contributed by atoms with Crippen LogP contribution < -0.4 is 25.2 Å². The molecule has 1 atom stereocenters. The van der Waals surface area contributed by atoms with E-state index in [2.05, 4.69) is 10.0 Å². The number of ether oxygens (including phenoxy) is 2. The van der Waals surface area contributed by atoms with Crippen molar-refractivity contribution < 1.29 is 22.7 Å². The average Bonchev–Trinajstić information content (AvgIpc) is 2.95. The van der Waals surface area contributed by atoms with E-state index in [1.807, 2.05) is 30.3 Å². The molecule has 4 aromatic rings. The number of rotatable bonds is 11. The monoisotopic (exact) mass is 544 g/mol. The summed E-state index contributed by atoms with van der Waals surface area (Å²) in [5, 5.41) is 10.7. The van der Waals surface area contributed by atoms with Crippen LogP contribution in [0.4, 0.5) is 5.69 Å². The molecule has 0 radical (unpaired) electrons. The van der Waals surface area contributed by atoms with Gasteiger partial charge in [-0.15, -0.1) is 0 Å². The smallest absolute Gasteiger partial charge is 0.264 e. The van der Waals surface area contributed by atoms with Crippen molar-refractivity contribution in [1.29, 1.82) is 5.41 Å². The van der Waals surface area contributed by atoms with Crippen LogP contribution in [0.25, 0.3) is 0 Å². The Kier molecular flexibility index (Phi) is 8.47. The summed E-state index contributed by atoms with van der Waals surface area (Å²) in [6, 6.07) is 27.7. The summed E-state index contributed by atoms with van der Waals surface area (Å²) in [4.78, 5) is 13.4. The molecule has 10 heteroatoms. The van der Waals surface area contributed by atoms with Gasteiger partial charge < -0.3 is 20.5 Å². The number of hydrogen-bond donors (Lipinski definition) is 4. The minimum absolute atomic E-state index is 0.0369. The maximum Gasteiger partial charge on any atom is 0.264 e. The molecule has 0 spiro atoms. The average molecular weight is 545 g/mol. The molecule has 0 heterocycles. The van der Waals surface area contributed by atoms with Gasteiger partial charge in [-0.2, -0.15) is 0 Å². The lowest BCUT2D eigenvalue weighted by molar-refractivity contribution is -0.120. The molecule has 1 amide bonds. The molecule has 4 aromatic carbocycles. The van der Waals surface area contributed by atoms with Crippen LogP contribution >= 0.6 is 0 Å². The predicted molar refractivity (Wildman–Crippen MR) is 149 cm³/mol. The first kappa shape index (κ1) is 27.2. The lowest BCUT2D eigenvalue weighted by Gasteiger charge is -2.21. The van der Waals surface area contributed by atoms with Gasteiger partial charge in [0.1, 0.15) is 18.5 Å². The molecule has 0 saturated carbocycles. The van der Waals surface area contributed by atoms with E-state index in [4.69, 9.17) is 20.6 Å². The number of nitrogen functional groups attached to an aromatic ring is 1. The van der Waals surface area contributed by atoms with Gasteiger partial charge in [-0.1, -0.05) is 54.6 Å². The molecule has 200 valence electrons. The summed E-state index contributed by atoms with van der Waals surface area (Å²) < 4.78 is 39.4. The molecule has 0 saturated heterocycles. The second kappa shape index (κ2) is 12.1. The standard InChI is InChI=1S/C29H28N4O5S/c1-37-26-18-22(14-17-25(26)38-19-20-8-4-2-5-9-20)27(32-23-15-12-21(13-16-23)28(30)31)29(34)33-39(35,36)24-10-6-3-7-11-24/h2-18,27,32H,19H2,1H3,(H3,30,31)(H,33,34). The number of nitrogens with two attached hydrogens (primary N) is 1. The van der Waals surface area contributed by atoms with Gasteiger partial charge in [0.05, 0.1) is 12.0 Å². The molecule has 1 unspecified atom stereocenters. The quantitative estimate of drug-likeness (QED) is 0.164. The Bertz CT molecular complexity index is 1540. The van der Waals surface area contributed by atoms with Crippen molar-refractivity contribution >= 4 is 27.5 Å². The highest BCUT2D eigenvalue weighted by Gasteiger charge is 2.27. The molecule has 0 aromatic heterocycles. The SMILES string of the molecule is COc1cc(C(Nc2ccc(C(=N)N)cc2)C(=O)NS(=O)(=O)c2ccccc2)ccc1OCc1ccccc1. The van der Waals surface area contributed by atoms with Crippen LogP contribution in [0.1, 0.15) is 22.7 Å². The van der Waals surface area contributed by atoms with Gasteiger partial charge >= 0.3 is 0 Å². The molecule has 0 aliphatic heterocycles. The van der Waals surface area contributed by atoms with E-state index in [-0.39, 0.29) is 10.7 Å². The molecular formula is C29H28N4O5S. The molecule has 39 heavy (non-hydrogen) atoms. The Balaban J connectivity index is 1.64. The maximum absolute atomic E-state index is 13.4. The number of amidine groups is 1. The van der Waals surface area contributed by atoms with Crippen molar-refractivity contribution in [1.82, 2.24) is 4.72 Å². The van der Waals surface area contributed by atoms with Crippen molar-refractivity contribution in [3.05, 3.63) is 120 Å². The van der Waals surface area contributed by atoms with Crippen molar-refractivity contribution in [2.24, 2.45) is 5.73 Å². The normalized spacial score (nSPS) is 11.7. The van der Waals surface area contributed by atoms with Gasteiger partial charge in [0.25, 0.3) is 15.9 Å². The Labute approximate surface area is 227 Å². The van der Waals surface area contributed by atoms with Crippen LogP contribution in [0.15, 0.2) is 108 Å². The first-order valence-electron chi connectivity index (χ1n) is 11.9. The van der Waals surface area contributed by atoms with E-state index in [1.165, 1.54) is 19.2 Å². The topological polar surface area (TPSA) is 144 Å². The van der Waals surface area contributed by atoms with E-state index in [0.29, 0.717) is 34.9 Å². The van der Waals surface area contributed by atoms with Crippen molar-refractivity contribution in [2.75, 3.05) is 12.4 Å². The van der Waals surface area contributed by atoms with Crippen LogP contribution in [0.3, 0.4) is 0 Å². The molecule has 0 aliphatic carbocycles. The molecule has 4 rings (SSSR count). The van der Waals surface area contributed by atoms with Gasteiger partial charge in [0, 0.05) is 11.3 Å². The number of sulfonamides is 1. The summed E-state index contributed by atoms with van der Waals surface area (Å²) in [5.74, 6) is -0.0528. The van der Waals surface area contributed by atoms with Crippen LogP contribution in [-0.2, 0) is 21.4 Å². The second-order valence-corrected chi connectivity index (χ2v) is 10.2. The second-order valence-electron chi connectivity index (χ2n) is 8.54. The zero-order valence-electron chi connectivity index (χ0n) is 21.1. The molecule has 0 fully saturated rings. The lowest BCUT2D eigenvalue weighted by atomic mass is 10.0. The van der Waals surface area contributed by atoms with E-state index < -0.39 is 22.0 Å². The van der Waals surface area contributed by atoms with Crippen LogP contribution in [0, 0.1) is 5.41 Å². The molecule has 0 bridgehead atoms. The third-order valence-electron chi connectivity index (χ3n) is 5.82. The van der Waals surface area contributed by atoms with E-state index in [9.17, 15) is 13.2 Å². The Morgan fingerprint density at radius 3 is 2.15 bits per heavy atom. The number of carbonyl (C=O) groups is 1. The molecule has 5 N–H and O–H groups in total. The maximum atomic E-state index is 13.4. The van der Waals surface area contributed by atoms with Gasteiger partial charge in [-0.25, -0.2) is 13.1 Å². The van der Waals surface area contributed by atoms with Crippen LogP contribution in [0.5, 0.6) is 11.5 Å². The number of methoxy groups -OCH3 is 1. The zero-order chi connectivity index (χ0) is 27.8. The van der Waals surface area contributed by atoms with Crippen LogP contribution in [0.2, 0.25) is 0 Å². The highest BCUT2D eigenvalue weighted by atomic mass is 32.2. The number of amides is 1. The van der Waals surface area contributed by atoms with Gasteiger partial charge in [0.15, 0.2) is 11.5 Å². The van der Waals surface area contributed by atoms with E-state index in [0.717, 1.165) is 5.56 Å². The summed E-state index contributed by atoms with van der Waals surface area (Å²) in [6.45, 7) is 0.316. The highest BCUT2D eigenvalue weighted by molar-refractivity contribution is 7.90. The zero-order valence-corrected chi connectivity index (χ0v) is 21.9. The largest absolute Gasteiger partial charge is 0.493 e. The fraction of sp³-hybridized carbons (Fsp3) is 0.103. The Morgan fingerprint density at radius 1 is 0.897 bits per heavy atom. The fourth-order valence-electron chi connectivity index (χ4n) is 3.78. The third kappa shape index (κ3) is 6.93. The van der Waals surface area contributed by atoms with E-state index in [1.54, 1.807) is 60.7 Å². The Morgan fingerprint density at radius 2 is 1.54 bits per heavy atom. The summed E-state index contributed by atoms with van der Waals surface area (Å²) in [6.07, 6.45) is 0. The van der Waals surface area contributed by atoms with Gasteiger partial charge in [-0.3, -0.25) is 10.2 Å². The summed E-state index contributed by atoms with van der Waals surface area (Å²) in [5.41, 5.74) is 7.98. The fourth-order valence-corrected chi connectivity index (χ4v) is 4.80. The Hall–Kier alpha value is -4.83. The lowest BCUT2D eigenvalue weighted by Crippen LogP contribution is -2.37. The summed E-state index contributed by atoms with van der Waals surface area (Å²) >= 11 is 0. The molecule has 9 nitrogen and oxygen atoms in total. The minimum Gasteiger partial charge on any atom is -0.493 e. The number of hydrogen-bond acceptors (Lipinski definition) is 7. The molecular weight excluding hydrogens is 516 g/mol. The first-order valence-corrected chi connectivity index (χ1v) is 13.4. The number of anilines is 1. The predicted octanol–water partition coefficient (Wildman–Crippen LogP) is 4.22. The van der Waals surface area contributed by atoms with Crippen molar-refractivity contribution in [2.45, 2.75) is 17.5 Å². The number of benzene rings is 4. The summed E-state index contributed by atoms with van der Waals surface area (Å²) in [7, 11) is -2.64. The number of nitrogens with one attached hydrogen (secondary N) is 3. The minimum atomic E-state index is -4.13. The highest BCUT2D eigenvalue weighted by Crippen LogP contribution is 2.32. The number of carbonyl (C=O) groups excluding carboxylic acids is 1. The van der Waals surface area contributed by atoms with E-state index >= 15 is 0 Å². The van der Waals surface area contributed by atoms with Crippen molar-refractivity contribution in [3.8, 4) is 11.5 Å². The van der Waals surface area contributed by atoms with Gasteiger partial charge in [0.2, 0.25) is 0 Å². The first-order chi connectivity index (χ1) is 18.8.